The van der Waals surface area contributed by atoms with E-state index in [-0.39, 0.29) is 0 Å². The number of benzene rings is 2. The summed E-state index contributed by atoms with van der Waals surface area (Å²) in [5.74, 6) is 0.811. The van der Waals surface area contributed by atoms with Gasteiger partial charge in [-0.25, -0.2) is 0 Å². The first-order valence-electron chi connectivity index (χ1n) is 10.6. The molecule has 3 heterocycles. The van der Waals surface area contributed by atoms with Crippen LogP contribution in [0.4, 0.5) is 0 Å². The number of aromatic nitrogens is 1. The van der Waals surface area contributed by atoms with Gasteiger partial charge in [-0.05, 0) is 34.8 Å². The number of fused-ring (bicyclic) bond motifs is 2. The van der Waals surface area contributed by atoms with Gasteiger partial charge in [-0.15, -0.1) is 0 Å². The third-order valence-corrected chi connectivity index (χ3v) is 5.88. The number of hydrogen-bond donors (Lipinski definition) is 0. The van der Waals surface area contributed by atoms with E-state index in [4.69, 9.17) is 9.47 Å². The van der Waals surface area contributed by atoms with Crippen molar-refractivity contribution in [2.75, 3.05) is 13.2 Å². The molecular formula is C26H26N2O2. The maximum Gasteiger partial charge on any atom is 0.138 e. The molecule has 2 atom stereocenters. The fourth-order valence-corrected chi connectivity index (χ4v) is 4.33. The molecule has 1 saturated heterocycles. The lowest BCUT2D eigenvalue weighted by Gasteiger charge is -2.44. The van der Waals surface area contributed by atoms with Crippen molar-refractivity contribution in [2.24, 2.45) is 0 Å². The minimum absolute atomic E-state index is 0.293. The van der Waals surface area contributed by atoms with Crippen molar-refractivity contribution < 1.29 is 9.47 Å². The number of pyridine rings is 1. The lowest BCUT2D eigenvalue weighted by atomic mass is 9.90. The van der Waals surface area contributed by atoms with Crippen molar-refractivity contribution in [2.45, 2.75) is 31.7 Å². The van der Waals surface area contributed by atoms with E-state index < -0.39 is 0 Å². The second-order valence-electron chi connectivity index (χ2n) is 8.00. The molecule has 0 radical (unpaired) electrons. The molecule has 2 unspecified atom stereocenters. The van der Waals surface area contributed by atoms with E-state index in [0.717, 1.165) is 43.1 Å². The Labute approximate surface area is 177 Å². The number of hydrogen-bond acceptors (Lipinski definition) is 4. The molecule has 5 rings (SSSR count). The van der Waals surface area contributed by atoms with Crippen LogP contribution in [0.3, 0.4) is 0 Å². The zero-order valence-corrected chi connectivity index (χ0v) is 17.0. The third kappa shape index (κ3) is 4.30. The van der Waals surface area contributed by atoms with Gasteiger partial charge in [-0.2, -0.15) is 0 Å². The van der Waals surface area contributed by atoms with Crippen molar-refractivity contribution in [3.63, 3.8) is 0 Å². The monoisotopic (exact) mass is 398 g/mol. The van der Waals surface area contributed by atoms with Gasteiger partial charge in [0.2, 0.25) is 0 Å². The summed E-state index contributed by atoms with van der Waals surface area (Å²) in [7, 11) is 0. The van der Waals surface area contributed by atoms with Gasteiger partial charge in [0, 0.05) is 18.8 Å². The normalized spacial score (nSPS) is 21.1. The summed E-state index contributed by atoms with van der Waals surface area (Å²) in [6.45, 7) is 3.03. The zero-order valence-electron chi connectivity index (χ0n) is 17.0. The highest BCUT2D eigenvalue weighted by Crippen LogP contribution is 2.34. The van der Waals surface area contributed by atoms with Gasteiger partial charge < -0.3 is 9.47 Å². The Morgan fingerprint density at radius 2 is 1.70 bits per heavy atom. The van der Waals surface area contributed by atoms with E-state index in [2.05, 4.69) is 64.5 Å². The summed E-state index contributed by atoms with van der Waals surface area (Å²) in [4.78, 5) is 7.02. The second kappa shape index (κ2) is 8.82. The third-order valence-electron chi connectivity index (χ3n) is 5.88. The summed E-state index contributed by atoms with van der Waals surface area (Å²) in [5.41, 5.74) is 5.00. The van der Waals surface area contributed by atoms with Gasteiger partial charge in [0.05, 0.1) is 25.5 Å². The van der Waals surface area contributed by atoms with Crippen LogP contribution in [0.2, 0.25) is 0 Å². The smallest absolute Gasteiger partial charge is 0.138 e. The van der Waals surface area contributed by atoms with Crippen molar-refractivity contribution in [3.05, 3.63) is 102 Å². The Balaban J connectivity index is 1.32. The molecule has 2 aromatic carbocycles. The van der Waals surface area contributed by atoms with E-state index in [9.17, 15) is 0 Å². The number of ether oxygens (including phenoxy) is 2. The Hall–Kier alpha value is -2.95. The maximum absolute atomic E-state index is 5.99. The number of morpholine rings is 1. The van der Waals surface area contributed by atoms with Crippen LogP contribution < -0.4 is 4.74 Å². The average molecular weight is 399 g/mol. The molecule has 152 valence electrons. The molecule has 1 fully saturated rings. The van der Waals surface area contributed by atoms with Crippen molar-refractivity contribution in [3.8, 4) is 5.75 Å². The molecule has 1 aromatic heterocycles. The molecule has 0 aliphatic carbocycles. The van der Waals surface area contributed by atoms with E-state index in [1.165, 1.54) is 11.1 Å². The first-order valence-corrected chi connectivity index (χ1v) is 10.6. The maximum atomic E-state index is 5.99. The molecule has 2 bridgehead atoms. The van der Waals surface area contributed by atoms with E-state index in [1.54, 1.807) is 6.20 Å². The minimum atomic E-state index is 0.293. The van der Waals surface area contributed by atoms with Crippen molar-refractivity contribution in [1.82, 2.24) is 9.88 Å². The fraction of sp³-hybridized carbons (Fsp3) is 0.269. The molecule has 0 spiro atoms. The van der Waals surface area contributed by atoms with Crippen molar-refractivity contribution in [1.29, 1.82) is 0 Å². The predicted molar refractivity (Wildman–Crippen MR) is 118 cm³/mol. The van der Waals surface area contributed by atoms with Gasteiger partial charge >= 0.3 is 0 Å². The van der Waals surface area contributed by atoms with Gasteiger partial charge in [0.1, 0.15) is 12.4 Å². The Kier molecular flexibility index (Phi) is 5.60. The van der Waals surface area contributed by atoms with Gasteiger partial charge in [0.25, 0.3) is 0 Å². The van der Waals surface area contributed by atoms with Crippen LogP contribution in [0, 0.1) is 0 Å². The Morgan fingerprint density at radius 1 is 0.933 bits per heavy atom. The summed E-state index contributed by atoms with van der Waals surface area (Å²) in [6, 6.07) is 23.7. The SMILES string of the molecule is C1=C(c2cncc(OCc3ccccc3)c2)CC2COCC1N2Cc1ccccc1. The van der Waals surface area contributed by atoms with Crippen LogP contribution in [0.1, 0.15) is 23.1 Å². The highest BCUT2D eigenvalue weighted by molar-refractivity contribution is 5.68. The summed E-state index contributed by atoms with van der Waals surface area (Å²) >= 11 is 0. The largest absolute Gasteiger partial charge is 0.487 e. The quantitative estimate of drug-likeness (QED) is 0.602. The number of rotatable bonds is 6. The fourth-order valence-electron chi connectivity index (χ4n) is 4.33. The Morgan fingerprint density at radius 3 is 2.47 bits per heavy atom. The van der Waals surface area contributed by atoms with Crippen molar-refractivity contribution >= 4 is 5.57 Å². The van der Waals surface area contributed by atoms with E-state index >= 15 is 0 Å². The van der Waals surface area contributed by atoms with Gasteiger partial charge in [-0.1, -0.05) is 66.7 Å². The topological polar surface area (TPSA) is 34.6 Å². The van der Waals surface area contributed by atoms with Crippen LogP contribution in [-0.2, 0) is 17.9 Å². The molecule has 2 aliphatic rings. The second-order valence-corrected chi connectivity index (χ2v) is 8.00. The van der Waals surface area contributed by atoms with Crippen LogP contribution >= 0.6 is 0 Å². The van der Waals surface area contributed by atoms with Crippen LogP contribution in [-0.4, -0.2) is 35.2 Å². The lowest BCUT2D eigenvalue weighted by Crippen LogP contribution is -2.53. The molecular weight excluding hydrogens is 372 g/mol. The first-order chi connectivity index (χ1) is 14.8. The van der Waals surface area contributed by atoms with Gasteiger partial charge in [0.15, 0.2) is 0 Å². The molecule has 2 aliphatic heterocycles. The summed E-state index contributed by atoms with van der Waals surface area (Å²) < 4.78 is 11.9. The van der Waals surface area contributed by atoms with Crippen LogP contribution in [0.15, 0.2) is 85.2 Å². The average Bonchev–Trinajstić information content (AvgIpc) is 2.79. The highest BCUT2D eigenvalue weighted by Gasteiger charge is 2.34. The predicted octanol–water partition coefficient (Wildman–Crippen LogP) is 4.72. The molecule has 4 nitrogen and oxygen atoms in total. The Bertz CT molecular complexity index is 1000. The highest BCUT2D eigenvalue weighted by atomic mass is 16.5. The molecule has 4 heteroatoms. The van der Waals surface area contributed by atoms with Crippen LogP contribution in [0.25, 0.3) is 5.57 Å². The molecule has 0 N–H and O–H groups in total. The van der Waals surface area contributed by atoms with E-state index in [0.29, 0.717) is 18.7 Å². The van der Waals surface area contributed by atoms with Crippen LogP contribution in [0.5, 0.6) is 5.75 Å². The lowest BCUT2D eigenvalue weighted by molar-refractivity contribution is -0.0402. The van der Waals surface area contributed by atoms with E-state index in [1.807, 2.05) is 24.4 Å². The molecule has 0 amide bonds. The number of nitrogens with zero attached hydrogens (tertiary/aromatic N) is 2. The summed E-state index contributed by atoms with van der Waals surface area (Å²) in [6.07, 6.45) is 7.07. The standard InChI is InChI=1S/C26H26N2O2/c1-3-7-20(8-4-1)16-28-24-11-22(12-25(28)19-29-18-24)23-13-26(15-27-14-23)30-17-21-9-5-2-6-10-21/h1-11,13-15,24-25H,12,16-19H2. The molecule has 3 aromatic rings. The summed E-state index contributed by atoms with van der Waals surface area (Å²) in [5, 5.41) is 0. The zero-order chi connectivity index (χ0) is 20.2. The molecule has 0 saturated carbocycles. The minimum Gasteiger partial charge on any atom is -0.487 e. The van der Waals surface area contributed by atoms with Gasteiger partial charge in [-0.3, -0.25) is 9.88 Å². The first kappa shape index (κ1) is 19.0. The molecule has 30 heavy (non-hydrogen) atoms.